The third-order valence-corrected chi connectivity index (χ3v) is 1.45. The normalized spacial score (nSPS) is 9.00. The molecule has 0 unspecified atom stereocenters. The van der Waals surface area contributed by atoms with Gasteiger partial charge in [-0.3, -0.25) is 4.98 Å². The van der Waals surface area contributed by atoms with Crippen molar-refractivity contribution >= 4 is 5.97 Å². The molecule has 1 rings (SSSR count). The van der Waals surface area contributed by atoms with Crippen molar-refractivity contribution in [2.75, 3.05) is 6.61 Å². The molecule has 1 aromatic rings. The molecule has 1 aromatic heterocycles. The topological polar surface area (TPSA) is 75.1 Å². The van der Waals surface area contributed by atoms with E-state index in [2.05, 4.69) is 9.97 Å². The second kappa shape index (κ2) is 5.95. The molecule has 0 bridgehead atoms. The van der Waals surface area contributed by atoms with Gasteiger partial charge < -0.3 is 9.84 Å². The Kier molecular flexibility index (Phi) is 5.68. The minimum absolute atomic E-state index is 0. The van der Waals surface area contributed by atoms with Crippen LogP contribution in [-0.4, -0.2) is 22.5 Å². The van der Waals surface area contributed by atoms with Crippen LogP contribution in [0.2, 0.25) is 0 Å². The maximum Gasteiger partial charge on any atom is 1.00 e. The quantitative estimate of drug-likeness (QED) is 0.380. The molecule has 5 nitrogen and oxygen atoms in total. The Hall–Kier alpha value is -0.650. The van der Waals surface area contributed by atoms with Crippen molar-refractivity contribution in [1.82, 2.24) is 9.97 Å². The van der Waals surface area contributed by atoms with Gasteiger partial charge >= 0.3 is 35.5 Å². The summed E-state index contributed by atoms with van der Waals surface area (Å²) in [5, 5.41) is 10.6. The Morgan fingerprint density at radius 3 is 2.79 bits per heavy atom. The first-order valence-corrected chi connectivity index (χ1v) is 3.83. The van der Waals surface area contributed by atoms with Gasteiger partial charge in [-0.15, -0.1) is 0 Å². The molecule has 70 valence electrons. The predicted octanol–water partition coefficient (Wildman–Crippen LogP) is -2.96. The van der Waals surface area contributed by atoms with Crippen molar-refractivity contribution < 1.29 is 44.2 Å². The number of carbonyl (C=O) groups is 1. The fourth-order valence-corrected chi connectivity index (χ4v) is 0.855. The van der Waals surface area contributed by atoms with Crippen LogP contribution < -0.4 is 34.7 Å². The van der Waals surface area contributed by atoms with E-state index in [0.717, 1.165) is 0 Å². The number of aryl methyl sites for hydroxylation is 1. The molecule has 14 heavy (non-hydrogen) atoms. The van der Waals surface area contributed by atoms with E-state index in [9.17, 15) is 9.90 Å². The van der Waals surface area contributed by atoms with Crippen molar-refractivity contribution in [3.63, 3.8) is 0 Å². The number of hydrogen-bond acceptors (Lipinski definition) is 5. The van der Waals surface area contributed by atoms with Crippen LogP contribution in [0.4, 0.5) is 0 Å². The molecule has 0 aromatic carbocycles. The summed E-state index contributed by atoms with van der Waals surface area (Å²) in [6, 6.07) is -0.592. The first-order valence-electron chi connectivity index (χ1n) is 3.83. The Bertz CT molecular complexity index is 330. The molecule has 0 aliphatic carbocycles. The average molecular weight is 204 g/mol. The molecular weight excluding hydrogens is 195 g/mol. The standard InChI is InChI=1S/C8H10N2O3.Na/c1-3-13-7(11)6-4-9-8(12)10-5(6)2;/h4H,3H2,1-2H3,(H,9,10,12);/q;+1/p-1. The molecule has 0 saturated carbocycles. The summed E-state index contributed by atoms with van der Waals surface area (Å²) in [4.78, 5) is 18.1. The fourth-order valence-electron chi connectivity index (χ4n) is 0.855. The summed E-state index contributed by atoms with van der Waals surface area (Å²) in [6.45, 7) is 3.56. The molecule has 0 N–H and O–H groups in total. The van der Waals surface area contributed by atoms with Crippen molar-refractivity contribution in [1.29, 1.82) is 0 Å². The van der Waals surface area contributed by atoms with Crippen LogP contribution in [0.3, 0.4) is 0 Å². The van der Waals surface area contributed by atoms with Gasteiger partial charge in [0.2, 0.25) is 0 Å². The van der Waals surface area contributed by atoms with Crippen LogP contribution in [0.15, 0.2) is 6.20 Å². The van der Waals surface area contributed by atoms with Gasteiger partial charge in [0.1, 0.15) is 0 Å². The largest absolute Gasteiger partial charge is 1.00 e. The second-order valence-corrected chi connectivity index (χ2v) is 2.37. The molecule has 0 amide bonds. The van der Waals surface area contributed by atoms with Gasteiger partial charge in [-0.25, -0.2) is 9.78 Å². The van der Waals surface area contributed by atoms with Crippen molar-refractivity contribution in [2.24, 2.45) is 0 Å². The van der Waals surface area contributed by atoms with Crippen LogP contribution >= 0.6 is 0 Å². The van der Waals surface area contributed by atoms with Crippen molar-refractivity contribution in [2.45, 2.75) is 13.8 Å². The summed E-state index contributed by atoms with van der Waals surface area (Å²) in [5.41, 5.74) is 0.583. The molecule has 0 atom stereocenters. The Morgan fingerprint density at radius 2 is 2.29 bits per heavy atom. The molecule has 0 aliphatic heterocycles. The first-order chi connectivity index (χ1) is 6.15. The fraction of sp³-hybridized carbons (Fsp3) is 0.375. The van der Waals surface area contributed by atoms with E-state index >= 15 is 0 Å². The smallest absolute Gasteiger partial charge is 0.844 e. The second-order valence-electron chi connectivity index (χ2n) is 2.37. The van der Waals surface area contributed by atoms with Crippen LogP contribution in [0, 0.1) is 6.92 Å². The summed E-state index contributed by atoms with van der Waals surface area (Å²) < 4.78 is 4.73. The monoisotopic (exact) mass is 204 g/mol. The Balaban J connectivity index is 0.00000169. The number of aromatic nitrogens is 2. The minimum atomic E-state index is -0.592. The molecule has 6 heteroatoms. The van der Waals surface area contributed by atoms with Gasteiger partial charge in [-0.2, -0.15) is 0 Å². The molecule has 0 spiro atoms. The number of rotatable bonds is 2. The number of ether oxygens (including phenoxy) is 1. The maximum atomic E-state index is 11.2. The van der Waals surface area contributed by atoms with E-state index in [1.165, 1.54) is 6.20 Å². The summed E-state index contributed by atoms with van der Waals surface area (Å²) in [7, 11) is 0. The molecule has 1 heterocycles. The number of nitrogens with zero attached hydrogens (tertiary/aromatic N) is 2. The van der Waals surface area contributed by atoms with Gasteiger partial charge in [0.05, 0.1) is 23.9 Å². The third-order valence-electron chi connectivity index (χ3n) is 1.45. The molecule has 0 saturated heterocycles. The third kappa shape index (κ3) is 3.25. The molecule has 0 radical (unpaired) electrons. The average Bonchev–Trinajstić information content (AvgIpc) is 2.04. The SMILES string of the molecule is CCOC(=O)c1cnc([O-])nc1C.[Na+]. The van der Waals surface area contributed by atoms with Gasteiger partial charge in [-0.1, -0.05) is 0 Å². The van der Waals surface area contributed by atoms with Crippen molar-refractivity contribution in [3.05, 3.63) is 17.5 Å². The minimum Gasteiger partial charge on any atom is -0.844 e. The number of carbonyl (C=O) groups excluding carboxylic acids is 1. The maximum absolute atomic E-state index is 11.2. The number of hydrogen-bond donors (Lipinski definition) is 0. The van der Waals surface area contributed by atoms with E-state index in [4.69, 9.17) is 4.74 Å². The van der Waals surface area contributed by atoms with Crippen LogP contribution in [-0.2, 0) is 4.74 Å². The van der Waals surface area contributed by atoms with Crippen molar-refractivity contribution in [3.8, 4) is 6.01 Å². The summed E-state index contributed by atoms with van der Waals surface area (Å²) >= 11 is 0. The zero-order valence-electron chi connectivity index (χ0n) is 8.40. The van der Waals surface area contributed by atoms with Gasteiger partial charge in [0.25, 0.3) is 0 Å². The zero-order valence-corrected chi connectivity index (χ0v) is 10.4. The van der Waals surface area contributed by atoms with E-state index in [1.807, 2.05) is 0 Å². The van der Waals surface area contributed by atoms with Crippen LogP contribution in [0.5, 0.6) is 6.01 Å². The molecule has 0 aliphatic rings. The number of esters is 1. The van der Waals surface area contributed by atoms with Crippen LogP contribution in [0.1, 0.15) is 23.0 Å². The van der Waals surface area contributed by atoms with E-state index < -0.39 is 12.0 Å². The predicted molar refractivity (Wildman–Crippen MR) is 42.2 cm³/mol. The summed E-state index contributed by atoms with van der Waals surface area (Å²) in [6.07, 6.45) is 1.18. The Morgan fingerprint density at radius 1 is 1.64 bits per heavy atom. The van der Waals surface area contributed by atoms with Gasteiger partial charge in [0, 0.05) is 6.20 Å². The molecule has 0 fully saturated rings. The van der Waals surface area contributed by atoms with Gasteiger partial charge in [0.15, 0.2) is 0 Å². The van der Waals surface area contributed by atoms with E-state index in [-0.39, 0.29) is 41.7 Å². The van der Waals surface area contributed by atoms with Crippen LogP contribution in [0.25, 0.3) is 0 Å². The zero-order chi connectivity index (χ0) is 9.84. The Labute approximate surface area is 104 Å². The van der Waals surface area contributed by atoms with Gasteiger partial charge in [-0.05, 0) is 13.8 Å². The first kappa shape index (κ1) is 13.4. The van der Waals surface area contributed by atoms with E-state index in [1.54, 1.807) is 13.8 Å². The molecular formula is C8H9N2NaO3. The van der Waals surface area contributed by atoms with E-state index in [0.29, 0.717) is 5.69 Å². The summed E-state index contributed by atoms with van der Waals surface area (Å²) in [5.74, 6) is -0.500.